The monoisotopic (exact) mass is 351 g/mol. The zero-order valence-corrected chi connectivity index (χ0v) is 15.0. The average Bonchev–Trinajstić information content (AvgIpc) is 2.58. The van der Waals surface area contributed by atoms with Crippen molar-refractivity contribution in [1.82, 2.24) is 5.32 Å². The van der Waals surface area contributed by atoms with E-state index in [0.29, 0.717) is 11.7 Å². The summed E-state index contributed by atoms with van der Waals surface area (Å²) in [6, 6.07) is 5.87. The lowest BCUT2D eigenvalue weighted by Crippen LogP contribution is -2.49. The molecule has 0 radical (unpaired) electrons. The number of benzene rings is 1. The average molecular weight is 351 g/mol. The van der Waals surface area contributed by atoms with Gasteiger partial charge in [0.25, 0.3) is 5.91 Å². The Bertz CT molecular complexity index is 581. The first-order chi connectivity index (χ1) is 11.9. The Morgan fingerprint density at radius 3 is 2.16 bits per heavy atom. The van der Waals surface area contributed by atoms with Crippen molar-refractivity contribution in [3.05, 3.63) is 29.8 Å². The Kier molecular flexibility index (Phi) is 8.46. The van der Waals surface area contributed by atoms with Gasteiger partial charge in [0.05, 0.1) is 13.2 Å². The third-order valence-corrected chi connectivity index (χ3v) is 3.24. The fraction of sp³-hybridized carbons (Fsp3) is 0.500. The molecule has 1 N–H and O–H groups in total. The second-order valence-electron chi connectivity index (χ2n) is 5.52. The van der Waals surface area contributed by atoms with Gasteiger partial charge in [-0.05, 0) is 37.5 Å². The van der Waals surface area contributed by atoms with E-state index in [2.05, 4.69) is 19.2 Å². The quantitative estimate of drug-likeness (QED) is 0.539. The topological polar surface area (TPSA) is 90.9 Å². The van der Waals surface area contributed by atoms with E-state index in [9.17, 15) is 14.4 Å². The Morgan fingerprint density at radius 1 is 1.04 bits per heavy atom. The predicted octanol–water partition coefficient (Wildman–Crippen LogP) is 1.80. The van der Waals surface area contributed by atoms with Gasteiger partial charge in [0.1, 0.15) is 5.75 Å². The number of carbonyl (C=O) groups excluding carboxylic acids is 3. The third kappa shape index (κ3) is 6.82. The second-order valence-corrected chi connectivity index (χ2v) is 5.52. The zero-order valence-electron chi connectivity index (χ0n) is 15.0. The Balaban J connectivity index is 2.66. The van der Waals surface area contributed by atoms with Crippen LogP contribution >= 0.6 is 0 Å². The Labute approximate surface area is 147 Å². The first-order valence-electron chi connectivity index (χ1n) is 8.24. The van der Waals surface area contributed by atoms with Gasteiger partial charge < -0.3 is 19.5 Å². The molecule has 138 valence electrons. The van der Waals surface area contributed by atoms with E-state index in [-0.39, 0.29) is 19.8 Å². The minimum atomic E-state index is -1.50. The molecular weight excluding hydrogens is 326 g/mol. The van der Waals surface area contributed by atoms with Gasteiger partial charge in [0.15, 0.2) is 6.61 Å². The van der Waals surface area contributed by atoms with Crippen LogP contribution in [0.2, 0.25) is 0 Å². The van der Waals surface area contributed by atoms with Crippen LogP contribution in [0, 0.1) is 0 Å². The van der Waals surface area contributed by atoms with Crippen molar-refractivity contribution in [2.75, 3.05) is 19.8 Å². The highest BCUT2D eigenvalue weighted by Gasteiger charge is 2.31. The maximum atomic E-state index is 12.0. The Morgan fingerprint density at radius 2 is 1.64 bits per heavy atom. The summed E-state index contributed by atoms with van der Waals surface area (Å²) in [6.45, 7) is 7.15. The van der Waals surface area contributed by atoms with Gasteiger partial charge in [-0.3, -0.25) is 4.79 Å². The maximum absolute atomic E-state index is 12.0. The molecule has 7 nitrogen and oxygen atoms in total. The lowest BCUT2D eigenvalue weighted by Gasteiger charge is -2.16. The van der Waals surface area contributed by atoms with E-state index in [1.165, 1.54) is 0 Å². The first-order valence-corrected chi connectivity index (χ1v) is 8.24. The number of nitrogens with one attached hydrogen (secondary N) is 1. The minimum Gasteiger partial charge on any atom is -0.484 e. The van der Waals surface area contributed by atoms with Crippen LogP contribution < -0.4 is 10.1 Å². The van der Waals surface area contributed by atoms with Crippen LogP contribution in [0.3, 0.4) is 0 Å². The fourth-order valence-electron chi connectivity index (χ4n) is 1.98. The number of rotatable bonds is 9. The normalized spacial score (nSPS) is 10.5. The molecule has 1 rings (SSSR count). The molecule has 0 bridgehead atoms. The molecule has 0 saturated carbocycles. The van der Waals surface area contributed by atoms with Crippen LogP contribution in [0.4, 0.5) is 0 Å². The van der Waals surface area contributed by atoms with Crippen LogP contribution in [-0.2, 0) is 23.9 Å². The highest BCUT2D eigenvalue weighted by Crippen LogP contribution is 2.19. The molecule has 0 aliphatic carbocycles. The molecule has 1 aromatic carbocycles. The molecule has 0 aliphatic rings. The molecule has 0 unspecified atom stereocenters. The lowest BCUT2D eigenvalue weighted by atomic mass is 10.0. The molecule has 0 atom stereocenters. The summed E-state index contributed by atoms with van der Waals surface area (Å²) >= 11 is 0. The van der Waals surface area contributed by atoms with Gasteiger partial charge in [0.2, 0.25) is 6.04 Å². The number of hydrogen-bond acceptors (Lipinski definition) is 6. The molecule has 25 heavy (non-hydrogen) atoms. The SMILES string of the molecule is CCOC(=O)C(NC(=O)COc1cccc(C(C)C)c1)C(=O)OCC. The molecule has 0 fully saturated rings. The number of hydrogen-bond donors (Lipinski definition) is 1. The van der Waals surface area contributed by atoms with E-state index in [4.69, 9.17) is 14.2 Å². The van der Waals surface area contributed by atoms with Crippen LogP contribution in [0.25, 0.3) is 0 Å². The molecule has 1 aromatic rings. The molecular formula is C18H25NO6. The van der Waals surface area contributed by atoms with Crippen molar-refractivity contribution < 1.29 is 28.6 Å². The van der Waals surface area contributed by atoms with Crippen LogP contribution in [-0.4, -0.2) is 43.7 Å². The lowest BCUT2D eigenvalue weighted by molar-refractivity contribution is -0.159. The van der Waals surface area contributed by atoms with Gasteiger partial charge in [-0.25, -0.2) is 9.59 Å². The zero-order chi connectivity index (χ0) is 18.8. The van der Waals surface area contributed by atoms with Gasteiger partial charge >= 0.3 is 11.9 Å². The van der Waals surface area contributed by atoms with Crippen molar-refractivity contribution in [1.29, 1.82) is 0 Å². The van der Waals surface area contributed by atoms with Gasteiger partial charge in [-0.2, -0.15) is 0 Å². The molecule has 0 spiro atoms. The van der Waals surface area contributed by atoms with Crippen LogP contribution in [0.5, 0.6) is 5.75 Å². The van der Waals surface area contributed by atoms with E-state index in [1.54, 1.807) is 19.9 Å². The number of esters is 2. The van der Waals surface area contributed by atoms with E-state index < -0.39 is 23.9 Å². The van der Waals surface area contributed by atoms with Gasteiger partial charge in [-0.1, -0.05) is 26.0 Å². The highest BCUT2D eigenvalue weighted by atomic mass is 16.6. The summed E-state index contributed by atoms with van der Waals surface area (Å²) in [5.41, 5.74) is 1.08. The van der Waals surface area contributed by atoms with Crippen molar-refractivity contribution >= 4 is 17.8 Å². The minimum absolute atomic E-state index is 0.0864. The van der Waals surface area contributed by atoms with Crippen molar-refractivity contribution in [2.24, 2.45) is 0 Å². The van der Waals surface area contributed by atoms with Gasteiger partial charge in [-0.15, -0.1) is 0 Å². The molecule has 0 heterocycles. The van der Waals surface area contributed by atoms with Crippen molar-refractivity contribution in [3.8, 4) is 5.75 Å². The molecule has 0 aromatic heterocycles. The number of carbonyl (C=O) groups is 3. The third-order valence-electron chi connectivity index (χ3n) is 3.24. The highest BCUT2D eigenvalue weighted by molar-refractivity contribution is 6.02. The van der Waals surface area contributed by atoms with E-state index in [0.717, 1.165) is 5.56 Å². The van der Waals surface area contributed by atoms with Gasteiger partial charge in [0, 0.05) is 0 Å². The molecule has 0 saturated heterocycles. The van der Waals surface area contributed by atoms with Crippen molar-refractivity contribution in [3.63, 3.8) is 0 Å². The standard InChI is InChI=1S/C18H25NO6/c1-5-23-17(21)16(18(22)24-6-2)19-15(20)11-25-14-9-7-8-13(10-14)12(3)4/h7-10,12,16H,5-6,11H2,1-4H3,(H,19,20). The Hall–Kier alpha value is -2.57. The number of amides is 1. The summed E-state index contributed by atoms with van der Waals surface area (Å²) in [5.74, 6) is -1.49. The summed E-state index contributed by atoms with van der Waals surface area (Å²) in [5, 5.41) is 2.28. The summed E-state index contributed by atoms with van der Waals surface area (Å²) < 4.78 is 15.0. The second kappa shape index (κ2) is 10.3. The molecule has 1 amide bonds. The van der Waals surface area contributed by atoms with Crippen LogP contribution in [0.1, 0.15) is 39.2 Å². The predicted molar refractivity (Wildman–Crippen MR) is 91.2 cm³/mol. The smallest absolute Gasteiger partial charge is 0.340 e. The maximum Gasteiger partial charge on any atom is 0.340 e. The summed E-state index contributed by atoms with van der Waals surface area (Å²) in [6.07, 6.45) is 0. The van der Waals surface area contributed by atoms with Crippen LogP contribution in [0.15, 0.2) is 24.3 Å². The first kappa shape index (κ1) is 20.5. The summed E-state index contributed by atoms with van der Waals surface area (Å²) in [4.78, 5) is 35.6. The van der Waals surface area contributed by atoms with Crippen molar-refractivity contribution in [2.45, 2.75) is 39.7 Å². The van der Waals surface area contributed by atoms with E-state index in [1.807, 2.05) is 18.2 Å². The fourth-order valence-corrected chi connectivity index (χ4v) is 1.98. The number of ether oxygens (including phenoxy) is 3. The molecule has 0 aliphatic heterocycles. The largest absolute Gasteiger partial charge is 0.484 e. The summed E-state index contributed by atoms with van der Waals surface area (Å²) in [7, 11) is 0. The van der Waals surface area contributed by atoms with E-state index >= 15 is 0 Å². The molecule has 7 heteroatoms.